The average molecular weight is 197 g/mol. The minimum Gasteiger partial charge on any atom is -0.402 e. The van der Waals surface area contributed by atoms with Crippen LogP contribution in [0.1, 0.15) is 13.8 Å². The second kappa shape index (κ2) is 6.22. The highest BCUT2D eigenvalue weighted by atomic mass is 32.1. The van der Waals surface area contributed by atoms with Crippen molar-refractivity contribution in [2.24, 2.45) is 15.7 Å². The SMILES string of the molecule is CCN=C(/C=C(/C)N)C(=O)N=C=S. The molecule has 0 spiro atoms. The van der Waals surface area contributed by atoms with Crippen LogP contribution in [0.2, 0.25) is 0 Å². The number of nitrogens with zero attached hydrogens (tertiary/aromatic N) is 2. The van der Waals surface area contributed by atoms with E-state index in [4.69, 9.17) is 5.73 Å². The van der Waals surface area contributed by atoms with Gasteiger partial charge in [-0.2, -0.15) is 4.99 Å². The van der Waals surface area contributed by atoms with E-state index < -0.39 is 5.91 Å². The lowest BCUT2D eigenvalue weighted by atomic mass is 10.3. The van der Waals surface area contributed by atoms with E-state index in [1.54, 1.807) is 6.92 Å². The van der Waals surface area contributed by atoms with Gasteiger partial charge in [-0.05, 0) is 32.1 Å². The summed E-state index contributed by atoms with van der Waals surface area (Å²) in [7, 11) is 0. The van der Waals surface area contributed by atoms with Crippen molar-refractivity contribution in [2.45, 2.75) is 13.8 Å². The average Bonchev–Trinajstić information content (AvgIpc) is 2.03. The Kier molecular flexibility index (Phi) is 5.59. The Morgan fingerprint density at radius 2 is 2.31 bits per heavy atom. The van der Waals surface area contributed by atoms with Crippen molar-refractivity contribution in [1.82, 2.24) is 0 Å². The number of amides is 1. The van der Waals surface area contributed by atoms with Gasteiger partial charge in [-0.1, -0.05) is 0 Å². The number of hydrogen-bond acceptors (Lipinski definition) is 4. The molecule has 0 bridgehead atoms. The molecule has 2 N–H and O–H groups in total. The number of hydrogen-bond donors (Lipinski definition) is 1. The Balaban J connectivity index is 4.83. The smallest absolute Gasteiger partial charge is 0.304 e. The first-order valence-electron chi connectivity index (χ1n) is 3.72. The number of carbonyl (C=O) groups is 1. The maximum Gasteiger partial charge on any atom is 0.304 e. The molecule has 0 fully saturated rings. The van der Waals surface area contributed by atoms with Crippen LogP contribution in [0.4, 0.5) is 0 Å². The highest BCUT2D eigenvalue weighted by Crippen LogP contribution is 1.90. The number of isothiocyanates is 1. The second-order valence-electron chi connectivity index (χ2n) is 2.26. The minimum atomic E-state index is -0.512. The number of thiocarbonyl (C=S) groups is 1. The first kappa shape index (κ1) is 11.7. The van der Waals surface area contributed by atoms with Crippen LogP contribution < -0.4 is 5.73 Å². The lowest BCUT2D eigenvalue weighted by Crippen LogP contribution is -2.11. The Morgan fingerprint density at radius 1 is 1.69 bits per heavy atom. The van der Waals surface area contributed by atoms with E-state index in [9.17, 15) is 4.79 Å². The van der Waals surface area contributed by atoms with Crippen molar-refractivity contribution in [1.29, 1.82) is 0 Å². The highest BCUT2D eigenvalue weighted by Gasteiger charge is 2.05. The zero-order chi connectivity index (χ0) is 10.3. The topological polar surface area (TPSA) is 67.8 Å². The fourth-order valence-electron chi connectivity index (χ4n) is 0.660. The fraction of sp³-hybridized carbons (Fsp3) is 0.375. The van der Waals surface area contributed by atoms with Crippen molar-refractivity contribution < 1.29 is 4.79 Å². The monoisotopic (exact) mass is 197 g/mol. The Labute approximate surface area is 82.3 Å². The van der Waals surface area contributed by atoms with Crippen molar-refractivity contribution in [3.63, 3.8) is 0 Å². The van der Waals surface area contributed by atoms with Gasteiger partial charge in [0.15, 0.2) is 0 Å². The summed E-state index contributed by atoms with van der Waals surface area (Å²) in [5.41, 5.74) is 6.11. The molecule has 0 aromatic carbocycles. The Morgan fingerprint density at radius 3 is 2.69 bits per heavy atom. The number of carbonyl (C=O) groups excluding carboxylic acids is 1. The standard InChI is InChI=1S/C8H11N3OS/c1-3-10-7(4-6(2)9)8(12)11-5-13/h4H,3,9H2,1-2H3/b6-4-,10-7?. The second-order valence-corrected chi connectivity index (χ2v) is 2.44. The summed E-state index contributed by atoms with van der Waals surface area (Å²) in [5, 5.41) is 1.99. The lowest BCUT2D eigenvalue weighted by Gasteiger charge is -1.94. The Bertz CT molecular complexity index is 297. The third-order valence-electron chi connectivity index (χ3n) is 1.06. The molecule has 0 aliphatic carbocycles. The van der Waals surface area contributed by atoms with Gasteiger partial charge in [-0.3, -0.25) is 9.79 Å². The predicted molar refractivity (Wildman–Crippen MR) is 56.0 cm³/mol. The molecule has 0 radical (unpaired) electrons. The van der Waals surface area contributed by atoms with E-state index in [-0.39, 0.29) is 5.71 Å². The van der Waals surface area contributed by atoms with Gasteiger partial charge in [0, 0.05) is 12.2 Å². The van der Waals surface area contributed by atoms with Gasteiger partial charge in [0.2, 0.25) is 0 Å². The molecule has 0 aromatic heterocycles. The zero-order valence-corrected chi connectivity index (χ0v) is 8.39. The maximum absolute atomic E-state index is 11.1. The Hall–Kier alpha value is -1.32. The van der Waals surface area contributed by atoms with Crippen LogP contribution in [0, 0.1) is 0 Å². The molecule has 5 heteroatoms. The van der Waals surface area contributed by atoms with E-state index in [0.29, 0.717) is 12.2 Å². The van der Waals surface area contributed by atoms with E-state index in [1.807, 2.05) is 12.1 Å². The van der Waals surface area contributed by atoms with Gasteiger partial charge in [0.05, 0.1) is 5.16 Å². The van der Waals surface area contributed by atoms with Crippen LogP contribution in [0.3, 0.4) is 0 Å². The van der Waals surface area contributed by atoms with Gasteiger partial charge in [-0.25, -0.2) is 0 Å². The normalized spacial score (nSPS) is 12.2. The van der Waals surface area contributed by atoms with E-state index in [2.05, 4.69) is 22.2 Å². The molecule has 0 rings (SSSR count). The molecule has 1 amide bonds. The molecule has 0 aliphatic heterocycles. The van der Waals surface area contributed by atoms with Crippen molar-refractivity contribution >= 4 is 29.0 Å². The first-order valence-corrected chi connectivity index (χ1v) is 4.13. The molecule has 13 heavy (non-hydrogen) atoms. The van der Waals surface area contributed by atoms with Gasteiger partial charge in [0.25, 0.3) is 0 Å². The molecule has 0 unspecified atom stereocenters. The number of aliphatic imine (C=N–C) groups is 2. The predicted octanol–water partition coefficient (Wildman–Crippen LogP) is 0.939. The molecule has 0 heterocycles. The summed E-state index contributed by atoms with van der Waals surface area (Å²) >= 11 is 4.30. The van der Waals surface area contributed by atoms with E-state index >= 15 is 0 Å². The molecule has 70 valence electrons. The molecule has 0 aliphatic rings. The third kappa shape index (κ3) is 5.00. The van der Waals surface area contributed by atoms with E-state index in [1.165, 1.54) is 6.08 Å². The largest absolute Gasteiger partial charge is 0.402 e. The van der Waals surface area contributed by atoms with Crippen LogP contribution in [0.15, 0.2) is 21.8 Å². The van der Waals surface area contributed by atoms with Crippen LogP contribution in [0.25, 0.3) is 0 Å². The molecular weight excluding hydrogens is 186 g/mol. The van der Waals surface area contributed by atoms with Crippen LogP contribution >= 0.6 is 12.2 Å². The molecule has 0 aromatic rings. The molecule has 0 saturated heterocycles. The van der Waals surface area contributed by atoms with Crippen molar-refractivity contribution in [3.05, 3.63) is 11.8 Å². The summed E-state index contributed by atoms with van der Waals surface area (Å²) in [6.07, 6.45) is 1.46. The highest BCUT2D eigenvalue weighted by molar-refractivity contribution is 7.78. The summed E-state index contributed by atoms with van der Waals surface area (Å²) < 4.78 is 0. The van der Waals surface area contributed by atoms with E-state index in [0.717, 1.165) is 0 Å². The number of rotatable bonds is 3. The van der Waals surface area contributed by atoms with Gasteiger partial charge < -0.3 is 5.73 Å². The summed E-state index contributed by atoms with van der Waals surface area (Å²) in [6, 6.07) is 0. The maximum atomic E-state index is 11.1. The van der Waals surface area contributed by atoms with Gasteiger partial charge >= 0.3 is 5.91 Å². The fourth-order valence-corrected chi connectivity index (χ4v) is 0.743. The van der Waals surface area contributed by atoms with Gasteiger partial charge in [-0.15, -0.1) is 0 Å². The molecule has 0 atom stereocenters. The lowest BCUT2D eigenvalue weighted by molar-refractivity contribution is -0.111. The molecular formula is C8H11N3OS. The summed E-state index contributed by atoms with van der Waals surface area (Å²) in [5.74, 6) is -0.512. The minimum absolute atomic E-state index is 0.208. The first-order chi connectivity index (χ1) is 6.11. The van der Waals surface area contributed by atoms with Crippen LogP contribution in [-0.2, 0) is 4.79 Å². The zero-order valence-electron chi connectivity index (χ0n) is 7.57. The quantitative estimate of drug-likeness (QED) is 0.540. The van der Waals surface area contributed by atoms with Crippen molar-refractivity contribution in [3.8, 4) is 0 Å². The number of allylic oxidation sites excluding steroid dienone is 1. The van der Waals surface area contributed by atoms with Crippen molar-refractivity contribution in [2.75, 3.05) is 6.54 Å². The summed E-state index contributed by atoms with van der Waals surface area (Å²) in [6.45, 7) is 3.98. The van der Waals surface area contributed by atoms with Crippen LogP contribution in [-0.4, -0.2) is 23.3 Å². The summed E-state index contributed by atoms with van der Waals surface area (Å²) in [4.78, 5) is 18.3. The number of nitrogens with two attached hydrogens (primary N) is 1. The molecule has 4 nitrogen and oxygen atoms in total. The third-order valence-corrected chi connectivity index (χ3v) is 1.15. The van der Waals surface area contributed by atoms with Crippen LogP contribution in [0.5, 0.6) is 0 Å². The molecule has 0 saturated carbocycles. The van der Waals surface area contributed by atoms with Gasteiger partial charge in [0.1, 0.15) is 5.71 Å².